The molecule has 0 rings (SSSR count). The van der Waals surface area contributed by atoms with Gasteiger partial charge in [0.05, 0.1) is 27.2 Å². The number of hydrogen-bond donors (Lipinski definition) is 1. The second-order valence-electron chi connectivity index (χ2n) is 7.08. The van der Waals surface area contributed by atoms with Crippen LogP contribution in [0.3, 0.4) is 0 Å². The maximum atomic E-state index is 13.5. The minimum absolute atomic E-state index is 0.118. The number of nitrogens with zero attached hydrogens (tertiary/aromatic N) is 1. The number of carbonyl (C=O) groups excluding carboxylic acids is 1. The van der Waals surface area contributed by atoms with E-state index in [-0.39, 0.29) is 6.42 Å². The Hall–Kier alpha value is -1.28. The van der Waals surface area contributed by atoms with Crippen LogP contribution in [0.4, 0.5) is 39.5 Å². The third-order valence-electron chi connectivity index (χ3n) is 4.02. The van der Waals surface area contributed by atoms with Gasteiger partial charge >= 0.3 is 18.5 Å². The van der Waals surface area contributed by atoms with Crippen LogP contribution in [0.2, 0.25) is 0 Å². The first kappa shape index (κ1) is 27.7. The van der Waals surface area contributed by atoms with Crippen molar-refractivity contribution >= 4 is 5.91 Å². The van der Waals surface area contributed by atoms with Crippen molar-refractivity contribution in [3.8, 4) is 0 Å². The molecule has 29 heavy (non-hydrogen) atoms. The lowest BCUT2D eigenvalue weighted by Gasteiger charge is -2.34. The van der Waals surface area contributed by atoms with Crippen molar-refractivity contribution in [3.05, 3.63) is 0 Å². The fourth-order valence-corrected chi connectivity index (χ4v) is 1.95. The van der Waals surface area contributed by atoms with Gasteiger partial charge in [0.1, 0.15) is 6.54 Å². The number of carbonyl (C=O) groups is 1. The zero-order chi connectivity index (χ0) is 23.3. The van der Waals surface area contributed by atoms with Crippen LogP contribution in [0, 0.1) is 0 Å². The van der Waals surface area contributed by atoms with Gasteiger partial charge in [-0.25, -0.2) is 4.39 Å². The molecule has 0 aromatic rings. The lowest BCUT2D eigenvalue weighted by molar-refractivity contribution is -0.890. The Labute approximate surface area is 161 Å². The minimum atomic E-state index is -6.24. The summed E-state index contributed by atoms with van der Waals surface area (Å²) >= 11 is 0. The maximum absolute atomic E-state index is 13.5. The molecule has 0 aliphatic heterocycles. The Balaban J connectivity index is 5.07. The van der Waals surface area contributed by atoms with E-state index in [1.165, 1.54) is 7.11 Å². The van der Waals surface area contributed by atoms with Crippen molar-refractivity contribution in [2.75, 3.05) is 47.4 Å². The first-order valence-corrected chi connectivity index (χ1v) is 8.25. The van der Waals surface area contributed by atoms with Gasteiger partial charge in [0.2, 0.25) is 6.10 Å². The molecule has 0 radical (unpaired) electrons. The van der Waals surface area contributed by atoms with E-state index in [9.17, 15) is 44.3 Å². The van der Waals surface area contributed by atoms with Gasteiger partial charge in [-0.1, -0.05) is 0 Å². The predicted molar refractivity (Wildman–Crippen MR) is 82.8 cm³/mol. The number of likely N-dealkylation sites (N-methyl/N-ethyl adjacent to an activating group) is 1. The van der Waals surface area contributed by atoms with Crippen molar-refractivity contribution in [2.45, 2.75) is 43.6 Å². The highest BCUT2D eigenvalue weighted by molar-refractivity contribution is 5.81. The number of halogens is 9. The molecule has 2 unspecified atom stereocenters. The third-order valence-corrected chi connectivity index (χ3v) is 4.02. The van der Waals surface area contributed by atoms with Gasteiger partial charge in [-0.15, -0.1) is 0 Å². The number of quaternary nitrogens is 1. The maximum Gasteiger partial charge on any atom is 0.430 e. The molecule has 0 heterocycles. The van der Waals surface area contributed by atoms with Gasteiger partial charge in [0, 0.05) is 20.1 Å². The number of hydrogen-bond acceptors (Lipinski definition) is 3. The summed E-state index contributed by atoms with van der Waals surface area (Å²) < 4.78 is 125. The van der Waals surface area contributed by atoms with Crippen molar-refractivity contribution in [3.63, 3.8) is 0 Å². The van der Waals surface area contributed by atoms with E-state index in [4.69, 9.17) is 4.74 Å². The largest absolute Gasteiger partial charge is 0.430 e. The van der Waals surface area contributed by atoms with Crippen LogP contribution in [-0.4, -0.2) is 88.1 Å². The van der Waals surface area contributed by atoms with E-state index in [2.05, 4.69) is 4.74 Å². The van der Waals surface area contributed by atoms with Crippen molar-refractivity contribution in [1.29, 1.82) is 0 Å². The topological polar surface area (TPSA) is 47.6 Å². The van der Waals surface area contributed by atoms with Crippen LogP contribution in [0.5, 0.6) is 0 Å². The lowest BCUT2D eigenvalue weighted by atomic mass is 10.1. The average molecular weight is 451 g/mol. The van der Waals surface area contributed by atoms with E-state index >= 15 is 0 Å². The second kappa shape index (κ2) is 9.69. The van der Waals surface area contributed by atoms with E-state index in [1.54, 1.807) is 19.4 Å². The zero-order valence-electron chi connectivity index (χ0n) is 16.2. The first-order chi connectivity index (χ1) is 12.8. The molecular weight excluding hydrogens is 427 g/mol. The highest BCUT2D eigenvalue weighted by Gasteiger charge is 2.71. The van der Waals surface area contributed by atoms with Crippen LogP contribution in [0.15, 0.2) is 0 Å². The summed E-state index contributed by atoms with van der Waals surface area (Å²) in [5.74, 6) is -2.16. The smallest absolute Gasteiger partial charge is 0.379 e. The standard InChI is InChI=1S/C15H23F9N2O3/c1-12(16,14(20,21)22)15(23,24)29-10(13(17,18)19)11(27)25-6-5-7-26(2,3)8-9-28-4/h10H,5-9H2,1-4H3/p+1. The molecule has 1 amide bonds. The minimum Gasteiger partial charge on any atom is -0.379 e. The molecule has 2 atom stereocenters. The fraction of sp³-hybridized carbons (Fsp3) is 0.933. The fourth-order valence-electron chi connectivity index (χ4n) is 1.95. The van der Waals surface area contributed by atoms with E-state index in [1.807, 2.05) is 0 Å². The zero-order valence-corrected chi connectivity index (χ0v) is 16.2. The average Bonchev–Trinajstić information content (AvgIpc) is 2.52. The number of amides is 1. The molecule has 5 nitrogen and oxygen atoms in total. The lowest BCUT2D eigenvalue weighted by Crippen LogP contribution is -2.59. The van der Waals surface area contributed by atoms with Gasteiger partial charge in [-0.05, 0) is 6.92 Å². The van der Waals surface area contributed by atoms with Crippen LogP contribution in [0.1, 0.15) is 13.3 Å². The molecule has 0 saturated carbocycles. The normalized spacial score (nSPS) is 17.0. The number of ether oxygens (including phenoxy) is 2. The van der Waals surface area contributed by atoms with Gasteiger partial charge in [0.25, 0.3) is 11.6 Å². The first-order valence-electron chi connectivity index (χ1n) is 8.25. The van der Waals surface area contributed by atoms with Gasteiger partial charge in [0.15, 0.2) is 0 Å². The van der Waals surface area contributed by atoms with Crippen molar-refractivity contribution in [2.24, 2.45) is 0 Å². The third kappa shape index (κ3) is 8.16. The summed E-state index contributed by atoms with van der Waals surface area (Å²) in [6.07, 6.45) is -21.9. The number of rotatable bonds is 11. The summed E-state index contributed by atoms with van der Waals surface area (Å²) in [5.41, 5.74) is -5.45. The van der Waals surface area contributed by atoms with Crippen molar-refractivity contribution in [1.82, 2.24) is 5.32 Å². The number of alkyl halides is 9. The van der Waals surface area contributed by atoms with E-state index in [0.29, 0.717) is 24.2 Å². The highest BCUT2D eigenvalue weighted by Crippen LogP contribution is 2.47. The molecule has 0 aliphatic rings. The molecule has 0 bridgehead atoms. The molecule has 0 fully saturated rings. The number of methoxy groups -OCH3 is 1. The van der Waals surface area contributed by atoms with Crippen LogP contribution < -0.4 is 5.32 Å². The predicted octanol–water partition coefficient (Wildman–Crippen LogP) is 3.05. The van der Waals surface area contributed by atoms with Crippen LogP contribution in [-0.2, 0) is 14.3 Å². The summed E-state index contributed by atoms with van der Waals surface area (Å²) in [7, 11) is 5.00. The Morgan fingerprint density at radius 1 is 1.00 bits per heavy atom. The SMILES string of the molecule is COCC[N+](C)(C)CCCNC(=O)C(OC(F)(F)C(C)(F)C(F)(F)F)C(F)(F)F. The van der Waals surface area contributed by atoms with Gasteiger partial charge < -0.3 is 14.5 Å². The summed E-state index contributed by atoms with van der Waals surface area (Å²) in [6, 6.07) is 0. The van der Waals surface area contributed by atoms with Gasteiger partial charge in [-0.3, -0.25) is 9.53 Å². The molecule has 0 aromatic carbocycles. The molecule has 0 aromatic heterocycles. The highest BCUT2D eigenvalue weighted by atomic mass is 19.4. The molecule has 0 aliphatic carbocycles. The molecule has 0 saturated heterocycles. The Morgan fingerprint density at radius 2 is 1.52 bits per heavy atom. The summed E-state index contributed by atoms with van der Waals surface area (Å²) in [6.45, 7) is 0.199. The summed E-state index contributed by atoms with van der Waals surface area (Å²) in [4.78, 5) is 11.6. The number of nitrogens with one attached hydrogen (secondary N) is 1. The Bertz CT molecular complexity index is 534. The monoisotopic (exact) mass is 451 g/mol. The van der Waals surface area contributed by atoms with E-state index < -0.39 is 49.6 Å². The second-order valence-corrected chi connectivity index (χ2v) is 7.08. The summed E-state index contributed by atoms with van der Waals surface area (Å²) in [5, 5.41) is 1.67. The molecular formula is C15H24F9N2O3+. The van der Waals surface area contributed by atoms with Gasteiger partial charge in [-0.2, -0.15) is 35.1 Å². The molecule has 14 heteroatoms. The van der Waals surface area contributed by atoms with E-state index in [0.717, 1.165) is 0 Å². The van der Waals surface area contributed by atoms with Crippen LogP contribution in [0.25, 0.3) is 0 Å². The quantitative estimate of drug-likeness (QED) is 0.299. The van der Waals surface area contributed by atoms with Crippen LogP contribution >= 0.6 is 0 Å². The molecule has 174 valence electrons. The Morgan fingerprint density at radius 3 is 1.93 bits per heavy atom. The molecule has 1 N–H and O–H groups in total. The molecule has 0 spiro atoms. The Kier molecular flexibility index (Phi) is 9.26. The van der Waals surface area contributed by atoms with Crippen molar-refractivity contribution < 1.29 is 58.3 Å².